The molecule has 0 aliphatic heterocycles. The molecule has 3 aromatic rings. The Bertz CT molecular complexity index is 829. The van der Waals surface area contributed by atoms with E-state index < -0.39 is 0 Å². The molecular weight excluding hydrogens is 357 g/mol. The molecule has 0 saturated heterocycles. The number of fused-ring (bicyclic) bond motifs is 1. The molecule has 2 aromatic heterocycles. The van der Waals surface area contributed by atoms with Gasteiger partial charge in [0, 0.05) is 10.2 Å². The van der Waals surface area contributed by atoms with Crippen LogP contribution in [0.1, 0.15) is 23.8 Å². The highest BCUT2D eigenvalue weighted by Gasteiger charge is 2.19. The van der Waals surface area contributed by atoms with Gasteiger partial charge in [-0.3, -0.25) is 4.57 Å². The fourth-order valence-electron chi connectivity index (χ4n) is 2.24. The fraction of sp³-hybridized carbons (Fsp3) is 0.200. The van der Waals surface area contributed by atoms with Gasteiger partial charge in [0.1, 0.15) is 17.2 Å². The molecule has 0 bridgehead atoms. The van der Waals surface area contributed by atoms with Crippen LogP contribution in [0.4, 0.5) is 4.39 Å². The first-order valence-corrected chi connectivity index (χ1v) is 7.66. The molecule has 0 fully saturated rings. The summed E-state index contributed by atoms with van der Waals surface area (Å²) >= 11 is 9.47. The molecule has 1 aromatic carbocycles. The first-order chi connectivity index (χ1) is 9.97. The molecule has 21 heavy (non-hydrogen) atoms. The maximum atomic E-state index is 14.3. The highest BCUT2D eigenvalue weighted by molar-refractivity contribution is 9.10. The van der Waals surface area contributed by atoms with Crippen molar-refractivity contribution in [1.82, 2.24) is 14.5 Å². The van der Waals surface area contributed by atoms with Gasteiger partial charge in [-0.15, -0.1) is 11.6 Å². The Hall–Kier alpha value is -1.46. The number of rotatable bonds is 2. The van der Waals surface area contributed by atoms with E-state index in [1.54, 1.807) is 16.7 Å². The van der Waals surface area contributed by atoms with Crippen LogP contribution in [0.25, 0.3) is 16.9 Å². The molecule has 0 radical (unpaired) electrons. The van der Waals surface area contributed by atoms with E-state index in [1.807, 2.05) is 26.0 Å². The third kappa shape index (κ3) is 2.56. The Labute approximate surface area is 134 Å². The molecule has 6 heteroatoms. The fourth-order valence-corrected chi connectivity index (χ4v) is 2.72. The van der Waals surface area contributed by atoms with E-state index in [0.29, 0.717) is 27.1 Å². The number of hydrogen-bond acceptors (Lipinski definition) is 2. The zero-order valence-electron chi connectivity index (χ0n) is 11.4. The highest BCUT2D eigenvalue weighted by Crippen LogP contribution is 2.29. The quantitative estimate of drug-likeness (QED) is 0.600. The number of aryl methyl sites for hydroxylation is 1. The lowest BCUT2D eigenvalue weighted by Crippen LogP contribution is -2.05. The zero-order chi connectivity index (χ0) is 15.1. The number of hydrogen-bond donors (Lipinski definition) is 0. The molecule has 0 amide bonds. The number of pyridine rings is 1. The summed E-state index contributed by atoms with van der Waals surface area (Å²) in [7, 11) is 0. The Morgan fingerprint density at radius 1 is 1.24 bits per heavy atom. The second kappa shape index (κ2) is 5.39. The van der Waals surface area contributed by atoms with Gasteiger partial charge in [-0.25, -0.2) is 14.4 Å². The Morgan fingerprint density at radius 2 is 2.00 bits per heavy atom. The van der Waals surface area contributed by atoms with E-state index in [4.69, 9.17) is 11.6 Å². The van der Waals surface area contributed by atoms with Crippen LogP contribution in [-0.2, 0) is 0 Å². The van der Waals surface area contributed by atoms with Gasteiger partial charge in [0.2, 0.25) is 0 Å². The molecule has 0 spiro atoms. The average Bonchev–Trinajstić information content (AvgIpc) is 2.77. The molecule has 3 rings (SSSR count). The largest absolute Gasteiger partial charge is 0.276 e. The van der Waals surface area contributed by atoms with Gasteiger partial charge < -0.3 is 0 Å². The van der Waals surface area contributed by atoms with Crippen molar-refractivity contribution in [2.45, 2.75) is 19.2 Å². The van der Waals surface area contributed by atoms with E-state index in [-0.39, 0.29) is 11.2 Å². The Balaban J connectivity index is 2.38. The van der Waals surface area contributed by atoms with E-state index in [9.17, 15) is 4.39 Å². The summed E-state index contributed by atoms with van der Waals surface area (Å²) in [6, 6.07) is 8.63. The lowest BCUT2D eigenvalue weighted by Gasteiger charge is -2.11. The number of alkyl halides is 1. The maximum Gasteiger partial charge on any atom is 0.165 e. The van der Waals surface area contributed by atoms with Crippen molar-refractivity contribution in [2.75, 3.05) is 0 Å². The van der Waals surface area contributed by atoms with Crippen molar-refractivity contribution in [1.29, 1.82) is 0 Å². The normalized spacial score (nSPS) is 12.8. The van der Waals surface area contributed by atoms with Crippen LogP contribution in [0.5, 0.6) is 0 Å². The van der Waals surface area contributed by atoms with E-state index >= 15 is 0 Å². The number of aromatic nitrogens is 3. The molecule has 0 aliphatic carbocycles. The SMILES string of the molecule is Cc1ccc2nc(C(C)Cl)n(-c3ccc(Br)cc3F)c2n1. The maximum absolute atomic E-state index is 14.3. The van der Waals surface area contributed by atoms with E-state index in [2.05, 4.69) is 25.9 Å². The molecule has 3 nitrogen and oxygen atoms in total. The van der Waals surface area contributed by atoms with E-state index in [0.717, 1.165) is 5.69 Å². The average molecular weight is 369 g/mol. The van der Waals surface area contributed by atoms with Crippen LogP contribution < -0.4 is 0 Å². The third-order valence-corrected chi connectivity index (χ3v) is 3.86. The standard InChI is InChI=1S/C15H12BrClFN3/c1-8-3-5-12-15(19-8)21(14(20-12)9(2)17)13-6-4-10(16)7-11(13)18/h3-7,9H,1-2H3. The predicted molar refractivity (Wildman–Crippen MR) is 85.5 cm³/mol. The molecule has 0 N–H and O–H groups in total. The molecular formula is C15H12BrClFN3. The van der Waals surface area contributed by atoms with Gasteiger partial charge >= 0.3 is 0 Å². The predicted octanol–water partition coefficient (Wildman–Crippen LogP) is 4.93. The summed E-state index contributed by atoms with van der Waals surface area (Å²) in [5, 5.41) is -0.359. The Morgan fingerprint density at radius 3 is 2.67 bits per heavy atom. The first kappa shape index (κ1) is 14.5. The van der Waals surface area contributed by atoms with Crippen molar-refractivity contribution >= 4 is 38.7 Å². The molecule has 0 saturated carbocycles. The highest BCUT2D eigenvalue weighted by atomic mass is 79.9. The molecule has 2 heterocycles. The minimum atomic E-state index is -0.359. The van der Waals surface area contributed by atoms with Crippen molar-refractivity contribution in [3.05, 3.63) is 52.1 Å². The minimum absolute atomic E-state index is 0.356. The molecule has 1 unspecified atom stereocenters. The zero-order valence-corrected chi connectivity index (χ0v) is 13.8. The summed E-state index contributed by atoms with van der Waals surface area (Å²) in [6.07, 6.45) is 0. The molecule has 0 aliphatic rings. The summed E-state index contributed by atoms with van der Waals surface area (Å²) in [4.78, 5) is 8.97. The lowest BCUT2D eigenvalue weighted by molar-refractivity contribution is 0.615. The van der Waals surface area contributed by atoms with Crippen LogP contribution in [0.3, 0.4) is 0 Å². The van der Waals surface area contributed by atoms with Crippen molar-refractivity contribution < 1.29 is 4.39 Å². The van der Waals surface area contributed by atoms with Gasteiger partial charge in [-0.1, -0.05) is 15.9 Å². The van der Waals surface area contributed by atoms with Gasteiger partial charge in [0.15, 0.2) is 5.65 Å². The van der Waals surface area contributed by atoms with Crippen molar-refractivity contribution in [2.24, 2.45) is 0 Å². The topological polar surface area (TPSA) is 30.7 Å². The second-order valence-corrected chi connectivity index (χ2v) is 6.38. The number of nitrogens with zero attached hydrogens (tertiary/aromatic N) is 3. The number of halogens is 3. The van der Waals surface area contributed by atoms with Crippen LogP contribution in [0, 0.1) is 12.7 Å². The summed E-state index contributed by atoms with van der Waals surface area (Å²) in [5.74, 6) is 0.219. The lowest BCUT2D eigenvalue weighted by atomic mass is 10.3. The second-order valence-electron chi connectivity index (χ2n) is 4.81. The van der Waals surface area contributed by atoms with Gasteiger partial charge in [-0.05, 0) is 44.2 Å². The summed E-state index contributed by atoms with van der Waals surface area (Å²) in [6.45, 7) is 3.70. The number of benzene rings is 1. The van der Waals surface area contributed by atoms with Gasteiger partial charge in [0.25, 0.3) is 0 Å². The Kier molecular flexibility index (Phi) is 3.71. The first-order valence-electron chi connectivity index (χ1n) is 6.43. The van der Waals surface area contributed by atoms with Gasteiger partial charge in [-0.2, -0.15) is 0 Å². The summed E-state index contributed by atoms with van der Waals surface area (Å²) < 4.78 is 16.7. The molecule has 1 atom stereocenters. The van der Waals surface area contributed by atoms with Crippen LogP contribution in [0.15, 0.2) is 34.8 Å². The number of imidazole rings is 1. The summed E-state index contributed by atoms with van der Waals surface area (Å²) in [5.41, 5.74) is 2.54. The monoisotopic (exact) mass is 367 g/mol. The smallest absolute Gasteiger partial charge is 0.165 e. The third-order valence-electron chi connectivity index (χ3n) is 3.18. The van der Waals surface area contributed by atoms with Crippen molar-refractivity contribution in [3.8, 4) is 5.69 Å². The van der Waals surface area contributed by atoms with E-state index in [1.165, 1.54) is 6.07 Å². The minimum Gasteiger partial charge on any atom is -0.276 e. The van der Waals surface area contributed by atoms with Crippen LogP contribution in [-0.4, -0.2) is 14.5 Å². The van der Waals surface area contributed by atoms with Crippen molar-refractivity contribution in [3.63, 3.8) is 0 Å². The van der Waals surface area contributed by atoms with Crippen LogP contribution >= 0.6 is 27.5 Å². The molecule has 108 valence electrons. The van der Waals surface area contributed by atoms with Crippen LogP contribution in [0.2, 0.25) is 0 Å². The van der Waals surface area contributed by atoms with Gasteiger partial charge in [0.05, 0.1) is 11.1 Å².